The maximum Gasteiger partial charge on any atom is 0.411 e. The second-order valence-electron chi connectivity index (χ2n) is 5.05. The number of ether oxygens (including phenoxy) is 1. The predicted molar refractivity (Wildman–Crippen MR) is 90.2 cm³/mol. The van der Waals surface area contributed by atoms with Crippen molar-refractivity contribution in [2.45, 2.75) is 6.92 Å². The minimum absolute atomic E-state index is 0.0456. The Kier molecular flexibility index (Phi) is 4.20. The smallest absolute Gasteiger partial charge is 0.411 e. The van der Waals surface area contributed by atoms with Gasteiger partial charge in [-0.2, -0.15) is 0 Å². The van der Waals surface area contributed by atoms with Gasteiger partial charge in [-0.25, -0.2) is 4.79 Å². The first-order valence-corrected chi connectivity index (χ1v) is 7.38. The van der Waals surface area contributed by atoms with Gasteiger partial charge in [-0.15, -0.1) is 0 Å². The molecule has 1 heterocycles. The molecule has 6 nitrogen and oxygen atoms in total. The fraction of sp³-hybridized carbons (Fsp3) is 0.111. The van der Waals surface area contributed by atoms with Crippen LogP contribution < -0.4 is 10.7 Å². The summed E-state index contributed by atoms with van der Waals surface area (Å²) in [5.41, 5.74) is 1.22. The van der Waals surface area contributed by atoms with E-state index in [0.29, 0.717) is 16.5 Å². The predicted octanol–water partition coefficient (Wildman–Crippen LogP) is 3.73. The van der Waals surface area contributed by atoms with Crippen LogP contribution in [0.4, 0.5) is 10.5 Å². The standard InChI is InChI=1S/C18H15NO5/c1-2-23-18(22)19-15-9-11(20)7-8-12(15)14-10-24-16-6-4-3-5-13(16)17(14)21/h3-10,20H,2H2,1H3,(H,19,22). The number of para-hydroxylation sites is 1. The molecule has 0 radical (unpaired) electrons. The molecule has 0 atom stereocenters. The normalized spacial score (nSPS) is 10.5. The molecule has 2 aromatic carbocycles. The van der Waals surface area contributed by atoms with Crippen LogP contribution in [0.2, 0.25) is 0 Å². The first-order valence-electron chi connectivity index (χ1n) is 7.38. The molecule has 0 bridgehead atoms. The average molecular weight is 325 g/mol. The fourth-order valence-electron chi connectivity index (χ4n) is 2.41. The van der Waals surface area contributed by atoms with Crippen LogP contribution in [-0.4, -0.2) is 17.8 Å². The van der Waals surface area contributed by atoms with Crippen molar-refractivity contribution < 1.29 is 19.1 Å². The second-order valence-corrected chi connectivity index (χ2v) is 5.05. The molecule has 0 saturated carbocycles. The maximum atomic E-state index is 12.7. The van der Waals surface area contributed by atoms with Gasteiger partial charge in [0, 0.05) is 11.6 Å². The summed E-state index contributed by atoms with van der Waals surface area (Å²) in [5, 5.41) is 12.6. The SMILES string of the molecule is CCOC(=O)Nc1cc(O)ccc1-c1coc2ccccc2c1=O. The number of rotatable bonds is 3. The summed E-state index contributed by atoms with van der Waals surface area (Å²) in [7, 11) is 0. The van der Waals surface area contributed by atoms with Gasteiger partial charge in [-0.3, -0.25) is 10.1 Å². The third kappa shape index (κ3) is 2.94. The minimum Gasteiger partial charge on any atom is -0.508 e. The molecule has 0 unspecified atom stereocenters. The Hall–Kier alpha value is -3.28. The zero-order chi connectivity index (χ0) is 17.1. The molecule has 3 aromatic rings. The van der Waals surface area contributed by atoms with Gasteiger partial charge < -0.3 is 14.3 Å². The van der Waals surface area contributed by atoms with Crippen LogP contribution >= 0.6 is 0 Å². The van der Waals surface area contributed by atoms with Gasteiger partial charge in [0.15, 0.2) is 0 Å². The number of phenolic OH excluding ortho intramolecular Hbond substituents is 1. The number of aromatic hydroxyl groups is 1. The number of amides is 1. The van der Waals surface area contributed by atoms with E-state index in [-0.39, 0.29) is 29.0 Å². The molecule has 0 aliphatic carbocycles. The highest BCUT2D eigenvalue weighted by Crippen LogP contribution is 2.30. The van der Waals surface area contributed by atoms with Crippen molar-refractivity contribution in [3.05, 3.63) is 59.0 Å². The lowest BCUT2D eigenvalue weighted by Crippen LogP contribution is -2.15. The van der Waals surface area contributed by atoms with Crippen molar-refractivity contribution >= 4 is 22.7 Å². The number of hydrogen-bond acceptors (Lipinski definition) is 5. The van der Waals surface area contributed by atoms with E-state index in [1.165, 1.54) is 24.5 Å². The van der Waals surface area contributed by atoms with E-state index < -0.39 is 6.09 Å². The Labute approximate surface area is 137 Å². The monoisotopic (exact) mass is 325 g/mol. The van der Waals surface area contributed by atoms with Gasteiger partial charge in [-0.1, -0.05) is 12.1 Å². The van der Waals surface area contributed by atoms with Gasteiger partial charge in [0.05, 0.1) is 23.2 Å². The minimum atomic E-state index is -0.672. The largest absolute Gasteiger partial charge is 0.508 e. The van der Waals surface area contributed by atoms with E-state index >= 15 is 0 Å². The number of nitrogens with one attached hydrogen (secondary N) is 1. The molecule has 3 rings (SSSR count). The van der Waals surface area contributed by atoms with Crippen LogP contribution in [0.3, 0.4) is 0 Å². The van der Waals surface area contributed by atoms with Crippen molar-refractivity contribution in [1.29, 1.82) is 0 Å². The number of phenols is 1. The summed E-state index contributed by atoms with van der Waals surface area (Å²) < 4.78 is 10.4. The third-order valence-corrected chi connectivity index (χ3v) is 3.49. The molecule has 24 heavy (non-hydrogen) atoms. The van der Waals surface area contributed by atoms with Crippen LogP contribution in [0.5, 0.6) is 5.75 Å². The molecule has 0 spiro atoms. The summed E-state index contributed by atoms with van der Waals surface area (Å²) in [6, 6.07) is 11.2. The van der Waals surface area contributed by atoms with E-state index in [4.69, 9.17) is 9.15 Å². The van der Waals surface area contributed by atoms with Crippen LogP contribution in [0.15, 0.2) is 57.9 Å². The van der Waals surface area contributed by atoms with Crippen LogP contribution in [0.1, 0.15) is 6.92 Å². The molecule has 6 heteroatoms. The van der Waals surface area contributed by atoms with E-state index in [9.17, 15) is 14.7 Å². The summed E-state index contributed by atoms with van der Waals surface area (Å²) >= 11 is 0. The van der Waals surface area contributed by atoms with Gasteiger partial charge in [-0.05, 0) is 31.2 Å². The van der Waals surface area contributed by atoms with Crippen molar-refractivity contribution in [2.75, 3.05) is 11.9 Å². The Balaban J connectivity index is 2.14. The molecule has 1 amide bonds. The molecule has 0 aliphatic rings. The summed E-state index contributed by atoms with van der Waals surface area (Å²) in [5.74, 6) is -0.0456. The van der Waals surface area contributed by atoms with Crippen molar-refractivity contribution in [1.82, 2.24) is 0 Å². The van der Waals surface area contributed by atoms with Gasteiger partial charge in [0.2, 0.25) is 5.43 Å². The maximum absolute atomic E-state index is 12.7. The van der Waals surface area contributed by atoms with Gasteiger partial charge in [0.1, 0.15) is 17.6 Å². The Morgan fingerprint density at radius 3 is 2.79 bits per heavy atom. The molecule has 1 aromatic heterocycles. The lowest BCUT2D eigenvalue weighted by Gasteiger charge is -2.11. The van der Waals surface area contributed by atoms with E-state index in [2.05, 4.69) is 5.32 Å². The van der Waals surface area contributed by atoms with E-state index in [0.717, 1.165) is 0 Å². The number of hydrogen-bond donors (Lipinski definition) is 2. The van der Waals surface area contributed by atoms with E-state index in [1.54, 1.807) is 31.2 Å². The van der Waals surface area contributed by atoms with Crippen molar-refractivity contribution in [2.24, 2.45) is 0 Å². The number of carbonyl (C=O) groups excluding carboxylic acids is 1. The lowest BCUT2D eigenvalue weighted by atomic mass is 10.0. The number of fused-ring (bicyclic) bond motifs is 1. The van der Waals surface area contributed by atoms with E-state index in [1.807, 2.05) is 0 Å². The van der Waals surface area contributed by atoms with Gasteiger partial charge in [0.25, 0.3) is 0 Å². The third-order valence-electron chi connectivity index (χ3n) is 3.49. The molecular formula is C18H15NO5. The molecule has 2 N–H and O–H groups in total. The topological polar surface area (TPSA) is 88.8 Å². The second kappa shape index (κ2) is 6.45. The summed E-state index contributed by atoms with van der Waals surface area (Å²) in [4.78, 5) is 24.4. The number of anilines is 1. The quantitative estimate of drug-likeness (QED) is 0.766. The first-order chi connectivity index (χ1) is 11.6. The molecule has 0 saturated heterocycles. The lowest BCUT2D eigenvalue weighted by molar-refractivity contribution is 0.168. The molecule has 122 valence electrons. The average Bonchev–Trinajstić information content (AvgIpc) is 2.56. The highest BCUT2D eigenvalue weighted by Gasteiger charge is 2.15. The Morgan fingerprint density at radius 1 is 1.21 bits per heavy atom. The zero-order valence-electron chi connectivity index (χ0n) is 12.9. The molecule has 0 fully saturated rings. The van der Waals surface area contributed by atoms with Crippen molar-refractivity contribution in [3.8, 4) is 16.9 Å². The van der Waals surface area contributed by atoms with Crippen LogP contribution in [-0.2, 0) is 4.74 Å². The molecular weight excluding hydrogens is 310 g/mol. The van der Waals surface area contributed by atoms with Crippen molar-refractivity contribution in [3.63, 3.8) is 0 Å². The highest BCUT2D eigenvalue weighted by atomic mass is 16.5. The molecule has 0 aliphatic heterocycles. The fourth-order valence-corrected chi connectivity index (χ4v) is 2.41. The summed E-state index contributed by atoms with van der Waals surface area (Å²) in [6.45, 7) is 1.89. The number of carbonyl (C=O) groups is 1. The summed E-state index contributed by atoms with van der Waals surface area (Å²) in [6.07, 6.45) is 0.669. The Bertz CT molecular complexity index is 961. The highest BCUT2D eigenvalue weighted by molar-refractivity contribution is 5.93. The Morgan fingerprint density at radius 2 is 2.00 bits per heavy atom. The first kappa shape index (κ1) is 15.6. The zero-order valence-corrected chi connectivity index (χ0v) is 12.9. The number of benzene rings is 2. The van der Waals surface area contributed by atoms with Crippen LogP contribution in [0.25, 0.3) is 22.1 Å². The van der Waals surface area contributed by atoms with Crippen LogP contribution in [0, 0.1) is 0 Å². The van der Waals surface area contributed by atoms with Gasteiger partial charge >= 0.3 is 6.09 Å².